The first-order valence-corrected chi connectivity index (χ1v) is 10.8. The van der Waals surface area contributed by atoms with Gasteiger partial charge in [-0.05, 0) is 49.3 Å². The first-order valence-electron chi connectivity index (χ1n) is 10.8. The number of aromatic carboxylic acids is 1. The Bertz CT molecular complexity index is 1070. The van der Waals surface area contributed by atoms with Gasteiger partial charge in [-0.25, -0.2) is 9.18 Å². The Hall–Kier alpha value is -2.45. The average Bonchev–Trinajstić information content (AvgIpc) is 3.46. The standard InChI is InChI=1S/C22H27FN4O3/c1-13-19-16(14-2-3-14)10-17(22(29)30)21(28)27(19)12-18(23)20(13)26-7-4-15(11-26)25-8-5-24-6-9-25/h10,12,14-15,24H,2-9,11H2,1H3,(H,29,30). The van der Waals surface area contributed by atoms with Crippen molar-refractivity contribution >= 4 is 17.2 Å². The van der Waals surface area contributed by atoms with Crippen LogP contribution in [0.5, 0.6) is 0 Å². The number of carbonyl (C=O) groups is 1. The molecule has 2 aromatic rings. The minimum Gasteiger partial charge on any atom is -0.477 e. The lowest BCUT2D eigenvalue weighted by atomic mass is 10.0. The Balaban J connectivity index is 1.58. The van der Waals surface area contributed by atoms with Crippen molar-refractivity contribution in [1.29, 1.82) is 0 Å². The molecular weight excluding hydrogens is 387 g/mol. The van der Waals surface area contributed by atoms with E-state index in [1.54, 1.807) is 0 Å². The van der Waals surface area contributed by atoms with Crippen molar-refractivity contribution < 1.29 is 14.3 Å². The number of hydrogen-bond acceptors (Lipinski definition) is 5. The van der Waals surface area contributed by atoms with E-state index in [4.69, 9.17) is 0 Å². The van der Waals surface area contributed by atoms with Crippen molar-refractivity contribution in [3.63, 3.8) is 0 Å². The molecule has 7 nitrogen and oxygen atoms in total. The number of carboxylic acid groups (broad SMARTS) is 1. The molecule has 3 aliphatic rings. The van der Waals surface area contributed by atoms with E-state index in [0.29, 0.717) is 17.2 Å². The van der Waals surface area contributed by atoms with Crippen molar-refractivity contribution in [2.24, 2.45) is 0 Å². The minimum absolute atomic E-state index is 0.239. The summed E-state index contributed by atoms with van der Waals surface area (Å²) in [7, 11) is 0. The van der Waals surface area contributed by atoms with Gasteiger partial charge in [-0.15, -0.1) is 0 Å². The molecular formula is C22H27FN4O3. The minimum atomic E-state index is -1.27. The number of aromatic nitrogens is 1. The zero-order valence-corrected chi connectivity index (χ0v) is 17.2. The Labute approximate surface area is 174 Å². The second kappa shape index (κ2) is 7.35. The molecule has 0 radical (unpaired) electrons. The van der Waals surface area contributed by atoms with Gasteiger partial charge in [-0.3, -0.25) is 14.1 Å². The van der Waals surface area contributed by atoms with Crippen LogP contribution in [-0.4, -0.2) is 65.7 Å². The molecule has 2 saturated heterocycles. The number of carboxylic acids is 1. The van der Waals surface area contributed by atoms with Crippen LogP contribution < -0.4 is 15.8 Å². The number of piperazine rings is 1. The van der Waals surface area contributed by atoms with Gasteiger partial charge in [0.25, 0.3) is 5.56 Å². The van der Waals surface area contributed by atoms with Crippen LogP contribution in [0.1, 0.15) is 46.7 Å². The summed E-state index contributed by atoms with van der Waals surface area (Å²) in [6.45, 7) is 7.40. The molecule has 1 unspecified atom stereocenters. The summed E-state index contributed by atoms with van der Waals surface area (Å²) in [4.78, 5) is 28.9. The van der Waals surface area contributed by atoms with E-state index < -0.39 is 17.3 Å². The van der Waals surface area contributed by atoms with Crippen LogP contribution >= 0.6 is 0 Å². The Kier molecular flexibility index (Phi) is 4.78. The lowest BCUT2D eigenvalue weighted by molar-refractivity contribution is 0.0694. The third-order valence-electron chi connectivity index (χ3n) is 6.84. The van der Waals surface area contributed by atoms with Gasteiger partial charge in [0.1, 0.15) is 5.56 Å². The molecule has 2 aromatic heterocycles. The Morgan fingerprint density at radius 2 is 1.93 bits per heavy atom. The fraction of sp³-hybridized carbons (Fsp3) is 0.545. The summed E-state index contributed by atoms with van der Waals surface area (Å²) in [5.41, 5.74) is 1.85. The molecule has 8 heteroatoms. The van der Waals surface area contributed by atoms with Crippen LogP contribution in [0.15, 0.2) is 17.1 Å². The SMILES string of the molecule is Cc1c(N2CCC(N3CCNCC3)C2)c(F)cn2c(=O)c(C(=O)O)cc(C3CC3)c12. The molecule has 0 spiro atoms. The summed E-state index contributed by atoms with van der Waals surface area (Å²) in [6, 6.07) is 1.92. The number of anilines is 1. The molecule has 30 heavy (non-hydrogen) atoms. The van der Waals surface area contributed by atoms with E-state index in [1.807, 2.05) is 6.92 Å². The van der Waals surface area contributed by atoms with Crippen LogP contribution in [-0.2, 0) is 0 Å². The lowest BCUT2D eigenvalue weighted by Gasteiger charge is -2.33. The zero-order valence-electron chi connectivity index (χ0n) is 17.2. The summed E-state index contributed by atoms with van der Waals surface area (Å²) in [6.07, 6.45) is 4.11. The normalized spacial score (nSPS) is 22.7. The maximum absolute atomic E-state index is 15.3. The van der Waals surface area contributed by atoms with Crippen LogP contribution in [0, 0.1) is 12.7 Å². The number of nitrogens with zero attached hydrogens (tertiary/aromatic N) is 3. The third-order valence-corrected chi connectivity index (χ3v) is 6.84. The van der Waals surface area contributed by atoms with Crippen LogP contribution in [0.3, 0.4) is 0 Å². The van der Waals surface area contributed by atoms with Gasteiger partial charge in [0.15, 0.2) is 5.82 Å². The first kappa shape index (κ1) is 19.5. The number of hydrogen-bond donors (Lipinski definition) is 2. The van der Waals surface area contributed by atoms with Crippen LogP contribution in [0.2, 0.25) is 0 Å². The quantitative estimate of drug-likeness (QED) is 0.795. The number of nitrogens with one attached hydrogen (secondary N) is 1. The largest absolute Gasteiger partial charge is 0.477 e. The molecule has 2 N–H and O–H groups in total. The summed E-state index contributed by atoms with van der Waals surface area (Å²) >= 11 is 0. The fourth-order valence-corrected chi connectivity index (χ4v) is 5.18. The molecule has 0 bridgehead atoms. The van der Waals surface area contributed by atoms with Gasteiger partial charge in [-0.1, -0.05) is 0 Å². The van der Waals surface area contributed by atoms with Crippen molar-refractivity contribution in [2.75, 3.05) is 44.2 Å². The molecule has 0 aromatic carbocycles. The molecule has 3 fully saturated rings. The zero-order chi connectivity index (χ0) is 21.0. The van der Waals surface area contributed by atoms with E-state index in [-0.39, 0.29) is 11.5 Å². The second-order valence-electron chi connectivity index (χ2n) is 8.74. The molecule has 1 atom stereocenters. The van der Waals surface area contributed by atoms with Gasteiger partial charge in [0.2, 0.25) is 0 Å². The predicted octanol–water partition coefficient (Wildman–Crippen LogP) is 1.81. The molecule has 2 aliphatic heterocycles. The molecule has 1 aliphatic carbocycles. The number of pyridine rings is 2. The lowest BCUT2D eigenvalue weighted by Crippen LogP contribution is -2.49. The second-order valence-corrected chi connectivity index (χ2v) is 8.74. The average molecular weight is 414 g/mol. The number of rotatable bonds is 4. The summed E-state index contributed by atoms with van der Waals surface area (Å²) in [5.74, 6) is -1.49. The van der Waals surface area contributed by atoms with E-state index in [2.05, 4.69) is 15.1 Å². The smallest absolute Gasteiger partial charge is 0.341 e. The van der Waals surface area contributed by atoms with Crippen molar-refractivity contribution in [3.05, 3.63) is 45.1 Å². The molecule has 1 saturated carbocycles. The van der Waals surface area contributed by atoms with Gasteiger partial charge < -0.3 is 15.3 Å². The molecule has 0 amide bonds. The van der Waals surface area contributed by atoms with Gasteiger partial charge in [0, 0.05) is 45.3 Å². The number of aryl methyl sites for hydroxylation is 1. The summed E-state index contributed by atoms with van der Waals surface area (Å²) in [5, 5.41) is 12.8. The third kappa shape index (κ3) is 3.18. The number of fused-ring (bicyclic) bond motifs is 1. The Morgan fingerprint density at radius 1 is 1.20 bits per heavy atom. The van der Waals surface area contributed by atoms with Crippen molar-refractivity contribution in [1.82, 2.24) is 14.6 Å². The molecule has 160 valence electrons. The van der Waals surface area contributed by atoms with Gasteiger partial charge in [-0.2, -0.15) is 0 Å². The van der Waals surface area contributed by atoms with E-state index in [1.165, 1.54) is 16.7 Å². The maximum Gasteiger partial charge on any atom is 0.341 e. The topological polar surface area (TPSA) is 77.3 Å². The Morgan fingerprint density at radius 3 is 2.60 bits per heavy atom. The predicted molar refractivity (Wildman–Crippen MR) is 112 cm³/mol. The highest BCUT2D eigenvalue weighted by Crippen LogP contribution is 2.44. The number of halogens is 1. The van der Waals surface area contributed by atoms with Gasteiger partial charge >= 0.3 is 5.97 Å². The monoisotopic (exact) mass is 414 g/mol. The highest BCUT2D eigenvalue weighted by molar-refractivity contribution is 5.89. The maximum atomic E-state index is 15.3. The molecule has 4 heterocycles. The van der Waals surface area contributed by atoms with Crippen LogP contribution in [0.25, 0.3) is 5.52 Å². The molecule has 5 rings (SSSR count). The first-order chi connectivity index (χ1) is 14.5. The summed E-state index contributed by atoms with van der Waals surface area (Å²) < 4.78 is 16.5. The van der Waals surface area contributed by atoms with Crippen molar-refractivity contribution in [2.45, 2.75) is 38.1 Å². The highest BCUT2D eigenvalue weighted by atomic mass is 19.1. The van der Waals surface area contributed by atoms with E-state index >= 15 is 4.39 Å². The van der Waals surface area contributed by atoms with Gasteiger partial charge in [0.05, 0.1) is 17.4 Å². The van der Waals surface area contributed by atoms with Crippen molar-refractivity contribution in [3.8, 4) is 0 Å². The van der Waals surface area contributed by atoms with Crippen LogP contribution in [0.4, 0.5) is 10.1 Å². The fourth-order valence-electron chi connectivity index (χ4n) is 5.18. The van der Waals surface area contributed by atoms with E-state index in [9.17, 15) is 14.7 Å². The highest BCUT2D eigenvalue weighted by Gasteiger charge is 2.33. The van der Waals surface area contributed by atoms with E-state index in [0.717, 1.165) is 69.7 Å².